The molecule has 2 aromatic carbocycles. The first kappa shape index (κ1) is 26.0. The molecule has 1 fully saturated rings. The van der Waals surface area contributed by atoms with Gasteiger partial charge in [-0.2, -0.15) is 0 Å². The van der Waals surface area contributed by atoms with E-state index in [2.05, 4.69) is 5.32 Å². The van der Waals surface area contributed by atoms with Crippen molar-refractivity contribution >= 4 is 17.8 Å². The molecule has 0 aromatic heterocycles. The van der Waals surface area contributed by atoms with Crippen LogP contribution in [0.15, 0.2) is 48.5 Å². The Balaban J connectivity index is 1.71. The second kappa shape index (κ2) is 11.2. The number of nitrogens with zero attached hydrogens (tertiary/aromatic N) is 1. The van der Waals surface area contributed by atoms with E-state index in [9.17, 15) is 19.7 Å². The van der Waals surface area contributed by atoms with Gasteiger partial charge in [-0.05, 0) is 57.0 Å². The molecule has 1 heterocycles. The van der Waals surface area contributed by atoms with E-state index in [4.69, 9.17) is 18.9 Å². The third-order valence-corrected chi connectivity index (χ3v) is 5.51. The lowest BCUT2D eigenvalue weighted by Crippen LogP contribution is -2.35. The highest BCUT2D eigenvalue weighted by atomic mass is 16.7. The van der Waals surface area contributed by atoms with Gasteiger partial charge in [-0.15, -0.1) is 0 Å². The summed E-state index contributed by atoms with van der Waals surface area (Å²) >= 11 is 0. The summed E-state index contributed by atoms with van der Waals surface area (Å²) in [5.41, 5.74) is 0.209. The van der Waals surface area contributed by atoms with Crippen molar-refractivity contribution in [3.05, 3.63) is 64.2 Å². The molecule has 0 radical (unpaired) electrons. The van der Waals surface area contributed by atoms with E-state index in [0.29, 0.717) is 13.0 Å². The lowest BCUT2D eigenvalue weighted by atomic mass is 9.90. The summed E-state index contributed by atoms with van der Waals surface area (Å²) in [4.78, 5) is 35.4. The normalized spacial score (nSPS) is 19.6. The molecule has 0 amide bonds. The van der Waals surface area contributed by atoms with Crippen molar-refractivity contribution in [3.63, 3.8) is 0 Å². The number of nitro groups is 1. The standard InChI is InChI=1S/C25H30N2O8/c1-25(2,3)35-24(29)34-22-15-26-21(13-16-5-9-18(32-4)10-6-16)20(22)14-23(28)33-19-11-7-17(8-12-19)27(30)31/h5-12,20-22,26H,13-15H2,1-4H3/t20-,21+,22?/m0/s1. The topological polar surface area (TPSA) is 126 Å². The summed E-state index contributed by atoms with van der Waals surface area (Å²) < 4.78 is 21.5. The highest BCUT2D eigenvalue weighted by Gasteiger charge is 2.40. The monoisotopic (exact) mass is 486 g/mol. The van der Waals surface area contributed by atoms with Gasteiger partial charge in [-0.3, -0.25) is 14.9 Å². The molecule has 0 bridgehead atoms. The van der Waals surface area contributed by atoms with Crippen molar-refractivity contribution < 1.29 is 33.5 Å². The Hall–Kier alpha value is -3.66. The number of carbonyl (C=O) groups excluding carboxylic acids is 2. The molecule has 0 spiro atoms. The minimum Gasteiger partial charge on any atom is -0.497 e. The Morgan fingerprint density at radius 2 is 1.69 bits per heavy atom. The number of nitro benzene ring substituents is 1. The molecule has 1 N–H and O–H groups in total. The fraction of sp³-hybridized carbons (Fsp3) is 0.440. The number of rotatable bonds is 8. The Morgan fingerprint density at radius 1 is 1.06 bits per heavy atom. The Bertz CT molecular complexity index is 1030. The van der Waals surface area contributed by atoms with Crippen LogP contribution in [0.5, 0.6) is 11.5 Å². The maximum absolute atomic E-state index is 12.8. The third-order valence-electron chi connectivity index (χ3n) is 5.51. The second-order valence-electron chi connectivity index (χ2n) is 9.28. The summed E-state index contributed by atoms with van der Waals surface area (Å²) in [7, 11) is 1.60. The number of esters is 1. The molecular formula is C25H30N2O8. The van der Waals surface area contributed by atoms with E-state index in [1.54, 1.807) is 27.9 Å². The molecule has 3 rings (SSSR count). The molecule has 10 nitrogen and oxygen atoms in total. The average Bonchev–Trinajstić information content (AvgIpc) is 3.13. The molecule has 1 aliphatic heterocycles. The molecular weight excluding hydrogens is 456 g/mol. The van der Waals surface area contributed by atoms with E-state index < -0.39 is 28.8 Å². The van der Waals surface area contributed by atoms with Crippen LogP contribution in [0.4, 0.5) is 10.5 Å². The van der Waals surface area contributed by atoms with E-state index in [-0.39, 0.29) is 29.8 Å². The maximum atomic E-state index is 12.8. The van der Waals surface area contributed by atoms with Gasteiger partial charge in [-0.1, -0.05) is 12.1 Å². The quantitative estimate of drug-likeness (QED) is 0.254. The highest BCUT2D eigenvalue weighted by molar-refractivity contribution is 5.73. The van der Waals surface area contributed by atoms with Gasteiger partial charge in [0.25, 0.3) is 5.69 Å². The van der Waals surface area contributed by atoms with E-state index in [1.165, 1.54) is 24.3 Å². The highest BCUT2D eigenvalue weighted by Crippen LogP contribution is 2.28. The van der Waals surface area contributed by atoms with Crippen molar-refractivity contribution in [2.45, 2.75) is 51.4 Å². The van der Waals surface area contributed by atoms with E-state index in [0.717, 1.165) is 11.3 Å². The van der Waals surface area contributed by atoms with Crippen LogP contribution in [0, 0.1) is 16.0 Å². The number of hydrogen-bond donors (Lipinski definition) is 1. The number of methoxy groups -OCH3 is 1. The summed E-state index contributed by atoms with van der Waals surface area (Å²) in [6, 6.07) is 12.7. The fourth-order valence-electron chi connectivity index (χ4n) is 3.87. The van der Waals surface area contributed by atoms with Crippen LogP contribution in [0.2, 0.25) is 0 Å². The maximum Gasteiger partial charge on any atom is 0.509 e. The molecule has 1 aliphatic rings. The molecule has 0 saturated carbocycles. The van der Waals surface area contributed by atoms with Gasteiger partial charge in [0.1, 0.15) is 23.2 Å². The first-order chi connectivity index (χ1) is 16.5. The fourth-order valence-corrected chi connectivity index (χ4v) is 3.87. The number of carbonyl (C=O) groups is 2. The van der Waals surface area contributed by atoms with Gasteiger partial charge in [0.15, 0.2) is 0 Å². The van der Waals surface area contributed by atoms with Crippen LogP contribution >= 0.6 is 0 Å². The van der Waals surface area contributed by atoms with Gasteiger partial charge in [0.05, 0.1) is 18.5 Å². The van der Waals surface area contributed by atoms with Gasteiger partial charge in [0.2, 0.25) is 0 Å². The van der Waals surface area contributed by atoms with Crippen molar-refractivity contribution in [1.29, 1.82) is 0 Å². The molecule has 1 saturated heterocycles. The first-order valence-electron chi connectivity index (χ1n) is 11.2. The zero-order valence-electron chi connectivity index (χ0n) is 20.2. The Morgan fingerprint density at radius 3 is 2.26 bits per heavy atom. The van der Waals surface area contributed by atoms with Crippen LogP contribution < -0.4 is 14.8 Å². The lowest BCUT2D eigenvalue weighted by Gasteiger charge is -2.25. The molecule has 35 heavy (non-hydrogen) atoms. The Labute approximate surface area is 203 Å². The summed E-state index contributed by atoms with van der Waals surface area (Å²) in [6.45, 7) is 5.58. The summed E-state index contributed by atoms with van der Waals surface area (Å²) in [6.07, 6.45) is -0.841. The minimum atomic E-state index is -0.803. The number of benzene rings is 2. The van der Waals surface area contributed by atoms with Crippen LogP contribution in [-0.2, 0) is 20.7 Å². The average molecular weight is 487 g/mol. The van der Waals surface area contributed by atoms with Crippen molar-refractivity contribution in [1.82, 2.24) is 5.32 Å². The summed E-state index contributed by atoms with van der Waals surface area (Å²) in [5.74, 6) is 0.0191. The second-order valence-corrected chi connectivity index (χ2v) is 9.28. The number of ether oxygens (including phenoxy) is 4. The molecule has 188 valence electrons. The molecule has 0 aliphatic carbocycles. The number of nitrogens with one attached hydrogen (secondary N) is 1. The molecule has 10 heteroatoms. The molecule has 3 atom stereocenters. The SMILES string of the molecule is COc1ccc(C[C@H]2NCC(OC(=O)OC(C)(C)C)[C@H]2CC(=O)Oc2ccc([N+](=O)[O-])cc2)cc1. The smallest absolute Gasteiger partial charge is 0.497 e. The largest absolute Gasteiger partial charge is 0.509 e. The zero-order chi connectivity index (χ0) is 25.6. The van der Waals surface area contributed by atoms with Crippen LogP contribution in [0.25, 0.3) is 0 Å². The van der Waals surface area contributed by atoms with E-state index in [1.807, 2.05) is 24.3 Å². The van der Waals surface area contributed by atoms with Crippen molar-refractivity contribution in [2.75, 3.05) is 13.7 Å². The van der Waals surface area contributed by atoms with Gasteiger partial charge in [-0.25, -0.2) is 4.79 Å². The van der Waals surface area contributed by atoms with Gasteiger partial charge >= 0.3 is 12.1 Å². The van der Waals surface area contributed by atoms with E-state index >= 15 is 0 Å². The Kier molecular flexibility index (Phi) is 8.29. The number of hydrogen-bond acceptors (Lipinski definition) is 9. The third kappa shape index (κ3) is 7.68. The van der Waals surface area contributed by atoms with Crippen molar-refractivity contribution in [2.24, 2.45) is 5.92 Å². The van der Waals surface area contributed by atoms with Crippen LogP contribution in [0.3, 0.4) is 0 Å². The minimum absolute atomic E-state index is 0.0295. The van der Waals surface area contributed by atoms with Crippen molar-refractivity contribution in [3.8, 4) is 11.5 Å². The predicted molar refractivity (Wildman–Crippen MR) is 126 cm³/mol. The van der Waals surface area contributed by atoms with Crippen LogP contribution in [0.1, 0.15) is 32.8 Å². The predicted octanol–water partition coefficient (Wildman–Crippen LogP) is 4.05. The van der Waals surface area contributed by atoms with Gasteiger partial charge < -0.3 is 24.3 Å². The zero-order valence-corrected chi connectivity index (χ0v) is 20.2. The molecule has 2 aromatic rings. The lowest BCUT2D eigenvalue weighted by molar-refractivity contribution is -0.384. The van der Waals surface area contributed by atoms with Gasteiger partial charge in [0, 0.05) is 30.6 Å². The summed E-state index contributed by atoms with van der Waals surface area (Å²) in [5, 5.41) is 14.2. The number of non-ortho nitro benzene ring substituents is 1. The van der Waals surface area contributed by atoms with Crippen LogP contribution in [-0.4, -0.2) is 48.4 Å². The molecule has 1 unspecified atom stereocenters. The first-order valence-corrected chi connectivity index (χ1v) is 11.2.